The second kappa shape index (κ2) is 7.57. The lowest BCUT2D eigenvalue weighted by Crippen LogP contribution is -2.16. The van der Waals surface area contributed by atoms with Crippen LogP contribution in [0.1, 0.15) is 17.2 Å². The summed E-state index contributed by atoms with van der Waals surface area (Å²) >= 11 is 0. The maximum absolute atomic E-state index is 11.8. The summed E-state index contributed by atoms with van der Waals surface area (Å²) < 4.78 is 5.28. The minimum absolute atomic E-state index is 0.241. The third-order valence-electron chi connectivity index (χ3n) is 3.09. The Morgan fingerprint density at radius 3 is 2.43 bits per heavy atom. The van der Waals surface area contributed by atoms with Crippen molar-refractivity contribution in [2.45, 2.75) is 12.5 Å². The van der Waals surface area contributed by atoms with E-state index in [4.69, 9.17) is 4.74 Å². The number of benzene rings is 2. The minimum Gasteiger partial charge on any atom is -0.426 e. The van der Waals surface area contributed by atoms with Crippen molar-refractivity contribution >= 4 is 5.97 Å². The van der Waals surface area contributed by atoms with Gasteiger partial charge in [0.15, 0.2) is 0 Å². The van der Waals surface area contributed by atoms with E-state index in [-0.39, 0.29) is 12.4 Å². The molecule has 0 radical (unpaired) electrons. The van der Waals surface area contributed by atoms with Gasteiger partial charge in [-0.3, -0.25) is 4.79 Å². The molecule has 2 aromatic carbocycles. The molecule has 0 bridgehead atoms. The fraction of sp³-hybridized carbons (Fsp3) is 0.235. The lowest BCUT2D eigenvalue weighted by Gasteiger charge is -2.11. The highest BCUT2D eigenvalue weighted by Crippen LogP contribution is 2.18. The van der Waals surface area contributed by atoms with Crippen LogP contribution in [0.25, 0.3) is 0 Å². The molecule has 1 atom stereocenters. The van der Waals surface area contributed by atoms with Crippen LogP contribution >= 0.6 is 0 Å². The van der Waals surface area contributed by atoms with Gasteiger partial charge in [0.1, 0.15) is 5.75 Å². The smallest absolute Gasteiger partial charge is 0.315 e. The fourth-order valence-corrected chi connectivity index (χ4v) is 2.00. The molecule has 21 heavy (non-hydrogen) atoms. The summed E-state index contributed by atoms with van der Waals surface area (Å²) in [6, 6.07) is 16.4. The van der Waals surface area contributed by atoms with Gasteiger partial charge in [-0.1, -0.05) is 42.5 Å². The minimum atomic E-state index is -0.566. The van der Waals surface area contributed by atoms with Gasteiger partial charge in [-0.05, 0) is 30.3 Å². The van der Waals surface area contributed by atoms with E-state index in [1.54, 1.807) is 31.3 Å². The Labute approximate surface area is 124 Å². The number of esters is 1. The Morgan fingerprint density at radius 2 is 1.81 bits per heavy atom. The number of carbonyl (C=O) groups excluding carboxylic acids is 1. The average molecular weight is 285 g/mol. The van der Waals surface area contributed by atoms with Crippen LogP contribution in [0.15, 0.2) is 54.6 Å². The van der Waals surface area contributed by atoms with Crippen LogP contribution in [0.4, 0.5) is 0 Å². The number of hydrogen-bond acceptors (Lipinski definition) is 4. The van der Waals surface area contributed by atoms with Gasteiger partial charge in [-0.25, -0.2) is 0 Å². The molecule has 0 amide bonds. The lowest BCUT2D eigenvalue weighted by molar-refractivity contribution is -0.133. The SMILES string of the molecule is CNCC(O)c1ccc(OC(=O)Cc2ccccc2)cc1. The van der Waals surface area contributed by atoms with Gasteiger partial charge in [0, 0.05) is 6.54 Å². The first-order valence-electron chi connectivity index (χ1n) is 6.86. The zero-order valence-electron chi connectivity index (χ0n) is 12.0. The van der Waals surface area contributed by atoms with Crippen molar-refractivity contribution in [3.63, 3.8) is 0 Å². The summed E-state index contributed by atoms with van der Waals surface area (Å²) in [6.45, 7) is 0.479. The Bertz CT molecular complexity index is 566. The predicted octanol–water partition coefficient (Wildman–Crippen LogP) is 2.09. The van der Waals surface area contributed by atoms with Gasteiger partial charge < -0.3 is 15.2 Å². The summed E-state index contributed by atoms with van der Waals surface area (Å²) in [5, 5.41) is 12.7. The van der Waals surface area contributed by atoms with Crippen molar-refractivity contribution in [2.75, 3.05) is 13.6 Å². The number of aliphatic hydroxyl groups excluding tert-OH is 1. The highest BCUT2D eigenvalue weighted by Gasteiger charge is 2.09. The molecule has 0 aromatic heterocycles. The summed E-state index contributed by atoms with van der Waals surface area (Å²) in [5.41, 5.74) is 1.70. The second-order valence-corrected chi connectivity index (χ2v) is 4.78. The van der Waals surface area contributed by atoms with Crippen molar-refractivity contribution < 1.29 is 14.6 Å². The Kier molecular flexibility index (Phi) is 5.49. The van der Waals surface area contributed by atoms with Gasteiger partial charge in [-0.2, -0.15) is 0 Å². The number of nitrogens with one attached hydrogen (secondary N) is 1. The molecule has 0 fully saturated rings. The molecule has 2 N–H and O–H groups in total. The molecule has 0 aliphatic rings. The number of hydrogen-bond donors (Lipinski definition) is 2. The molecule has 0 aliphatic carbocycles. The maximum Gasteiger partial charge on any atom is 0.315 e. The van der Waals surface area contributed by atoms with E-state index in [1.165, 1.54) is 0 Å². The van der Waals surface area contributed by atoms with E-state index in [2.05, 4.69) is 5.32 Å². The largest absolute Gasteiger partial charge is 0.426 e. The molecule has 110 valence electrons. The average Bonchev–Trinajstić information content (AvgIpc) is 2.49. The van der Waals surface area contributed by atoms with E-state index >= 15 is 0 Å². The summed E-state index contributed by atoms with van der Waals surface area (Å²) in [4.78, 5) is 11.8. The molecule has 4 heteroatoms. The number of ether oxygens (including phenoxy) is 1. The third kappa shape index (κ3) is 4.70. The summed E-state index contributed by atoms with van der Waals surface area (Å²) in [7, 11) is 1.78. The molecule has 2 rings (SSSR count). The molecular weight excluding hydrogens is 266 g/mol. The van der Waals surface area contributed by atoms with Crippen LogP contribution in [0, 0.1) is 0 Å². The maximum atomic E-state index is 11.8. The zero-order chi connectivity index (χ0) is 15.1. The molecule has 2 aromatic rings. The molecular formula is C17H19NO3. The van der Waals surface area contributed by atoms with Gasteiger partial charge in [0.05, 0.1) is 12.5 Å². The van der Waals surface area contributed by atoms with Crippen LogP contribution in [0.2, 0.25) is 0 Å². The normalized spacial score (nSPS) is 11.9. The van der Waals surface area contributed by atoms with Gasteiger partial charge >= 0.3 is 5.97 Å². The quantitative estimate of drug-likeness (QED) is 0.630. The topological polar surface area (TPSA) is 58.6 Å². The fourth-order valence-electron chi connectivity index (χ4n) is 2.00. The van der Waals surface area contributed by atoms with Gasteiger partial charge in [0.2, 0.25) is 0 Å². The molecule has 4 nitrogen and oxygen atoms in total. The summed E-state index contributed by atoms with van der Waals surface area (Å²) in [5.74, 6) is 0.182. The van der Waals surface area contributed by atoms with Crippen molar-refractivity contribution in [3.05, 3.63) is 65.7 Å². The van der Waals surface area contributed by atoms with Crippen molar-refractivity contribution in [1.82, 2.24) is 5.32 Å². The van der Waals surface area contributed by atoms with Crippen LogP contribution < -0.4 is 10.1 Å². The zero-order valence-corrected chi connectivity index (χ0v) is 12.0. The molecule has 0 saturated carbocycles. The monoisotopic (exact) mass is 285 g/mol. The standard InChI is InChI=1S/C17H19NO3/c1-18-12-16(19)14-7-9-15(10-8-14)21-17(20)11-13-5-3-2-4-6-13/h2-10,16,18-19H,11-12H2,1H3. The van der Waals surface area contributed by atoms with E-state index in [9.17, 15) is 9.90 Å². The lowest BCUT2D eigenvalue weighted by atomic mass is 10.1. The Morgan fingerprint density at radius 1 is 1.14 bits per heavy atom. The highest BCUT2D eigenvalue weighted by molar-refractivity contribution is 5.75. The first-order chi connectivity index (χ1) is 10.2. The third-order valence-corrected chi connectivity index (χ3v) is 3.09. The molecule has 0 spiro atoms. The van der Waals surface area contributed by atoms with E-state index in [0.717, 1.165) is 11.1 Å². The molecule has 0 aliphatic heterocycles. The van der Waals surface area contributed by atoms with Crippen LogP contribution in [-0.2, 0) is 11.2 Å². The van der Waals surface area contributed by atoms with Gasteiger partial charge in [0.25, 0.3) is 0 Å². The van der Waals surface area contributed by atoms with E-state index < -0.39 is 6.10 Å². The van der Waals surface area contributed by atoms with Crippen LogP contribution in [0.5, 0.6) is 5.75 Å². The van der Waals surface area contributed by atoms with E-state index in [1.807, 2.05) is 30.3 Å². The van der Waals surface area contributed by atoms with Gasteiger partial charge in [-0.15, -0.1) is 0 Å². The van der Waals surface area contributed by atoms with Crippen LogP contribution in [-0.4, -0.2) is 24.7 Å². The Hall–Kier alpha value is -2.17. The highest BCUT2D eigenvalue weighted by atomic mass is 16.5. The van der Waals surface area contributed by atoms with E-state index in [0.29, 0.717) is 12.3 Å². The first-order valence-corrected chi connectivity index (χ1v) is 6.86. The number of carbonyl (C=O) groups is 1. The van der Waals surface area contributed by atoms with Crippen LogP contribution in [0.3, 0.4) is 0 Å². The summed E-state index contributed by atoms with van der Waals surface area (Å²) in [6.07, 6.45) is -0.325. The molecule has 1 unspecified atom stereocenters. The second-order valence-electron chi connectivity index (χ2n) is 4.78. The first kappa shape index (κ1) is 15.2. The van der Waals surface area contributed by atoms with Crippen molar-refractivity contribution in [1.29, 1.82) is 0 Å². The Balaban J connectivity index is 1.92. The predicted molar refractivity (Wildman–Crippen MR) is 81.1 cm³/mol. The van der Waals surface area contributed by atoms with Crippen molar-refractivity contribution in [2.24, 2.45) is 0 Å². The molecule has 0 heterocycles. The number of likely N-dealkylation sites (N-methyl/N-ethyl adjacent to an activating group) is 1. The van der Waals surface area contributed by atoms with Crippen molar-refractivity contribution in [3.8, 4) is 5.75 Å². The number of rotatable bonds is 6. The number of aliphatic hydroxyl groups is 1. The molecule has 0 saturated heterocycles.